The number of hydrogen-bond acceptors (Lipinski definition) is 5. The van der Waals surface area contributed by atoms with Crippen LogP contribution >= 0.6 is 23.4 Å². The van der Waals surface area contributed by atoms with Crippen LogP contribution in [-0.2, 0) is 6.18 Å². The first-order valence-electron chi connectivity index (χ1n) is 11.6. The van der Waals surface area contributed by atoms with Crippen molar-refractivity contribution >= 4 is 58.3 Å². The van der Waals surface area contributed by atoms with Crippen LogP contribution in [0.1, 0.15) is 16.7 Å². The highest BCUT2D eigenvalue weighted by Gasteiger charge is 2.38. The summed E-state index contributed by atoms with van der Waals surface area (Å²) >= 11 is 7.39. The van der Waals surface area contributed by atoms with Gasteiger partial charge in [0, 0.05) is 17.9 Å². The van der Waals surface area contributed by atoms with Crippen LogP contribution in [0, 0.1) is 0 Å². The number of rotatable bonds is 7. The highest BCUT2D eigenvalue weighted by atomic mass is 35.5. The standard InChI is InChI=1S/C26H19ClF6N6OS/c27-21-3-1-2-20(25(28,29)30)22(21)39-12-13-41-24(39)38-37-14-16-4-6-17(7-5-16)23(34)36-15-35-18-8-10-19(11-9-18)40-26(31,32)33/h1-11,14-15H,12-13H2,(H2,34,35,36)/b37-14-,38-24+. The van der Waals surface area contributed by atoms with Crippen molar-refractivity contribution in [3.05, 3.63) is 88.4 Å². The summed E-state index contributed by atoms with van der Waals surface area (Å²) in [4.78, 5) is 9.44. The topological polar surface area (TPSA) is 87.9 Å². The fraction of sp³-hybridized carbons (Fsp3) is 0.154. The lowest BCUT2D eigenvalue weighted by atomic mass is 10.1. The van der Waals surface area contributed by atoms with E-state index in [0.29, 0.717) is 29.1 Å². The molecule has 7 nitrogen and oxygen atoms in total. The number of nitrogens with two attached hydrogens (primary N) is 1. The second-order valence-electron chi connectivity index (χ2n) is 8.18. The Bertz CT molecular complexity index is 1490. The van der Waals surface area contributed by atoms with Crippen molar-refractivity contribution < 1.29 is 31.1 Å². The lowest BCUT2D eigenvalue weighted by Gasteiger charge is -2.23. The van der Waals surface area contributed by atoms with Gasteiger partial charge < -0.3 is 15.4 Å². The van der Waals surface area contributed by atoms with Crippen LogP contribution in [0.4, 0.5) is 37.7 Å². The van der Waals surface area contributed by atoms with Crippen molar-refractivity contribution in [3.63, 3.8) is 0 Å². The number of ether oxygens (including phenoxy) is 1. The van der Waals surface area contributed by atoms with Gasteiger partial charge in [0.2, 0.25) is 0 Å². The van der Waals surface area contributed by atoms with Gasteiger partial charge in [-0.1, -0.05) is 53.7 Å². The maximum Gasteiger partial charge on any atom is 0.573 e. The molecule has 1 fully saturated rings. The Kier molecular flexibility index (Phi) is 9.23. The number of alkyl halides is 6. The van der Waals surface area contributed by atoms with E-state index in [1.165, 1.54) is 47.1 Å². The number of hydrogen-bond donors (Lipinski definition) is 1. The summed E-state index contributed by atoms with van der Waals surface area (Å²) in [6, 6.07) is 15.2. The van der Waals surface area contributed by atoms with Gasteiger partial charge in [0.05, 0.1) is 28.2 Å². The number of anilines is 1. The molecule has 0 amide bonds. The second-order valence-corrected chi connectivity index (χ2v) is 9.65. The molecule has 1 saturated heterocycles. The van der Waals surface area contributed by atoms with Crippen molar-refractivity contribution in [2.75, 3.05) is 17.2 Å². The van der Waals surface area contributed by atoms with Crippen molar-refractivity contribution in [1.29, 1.82) is 0 Å². The van der Waals surface area contributed by atoms with E-state index in [1.807, 2.05) is 0 Å². The van der Waals surface area contributed by atoms with Crippen LogP contribution in [0.15, 0.2) is 86.9 Å². The van der Waals surface area contributed by atoms with Crippen LogP contribution in [-0.4, -0.2) is 42.2 Å². The molecule has 0 aromatic heterocycles. The number of halogens is 7. The van der Waals surface area contributed by atoms with Gasteiger partial charge in [0.1, 0.15) is 17.9 Å². The van der Waals surface area contributed by atoms with Crippen molar-refractivity contribution in [2.24, 2.45) is 25.9 Å². The van der Waals surface area contributed by atoms with Crippen molar-refractivity contribution in [1.82, 2.24) is 0 Å². The third kappa shape index (κ3) is 8.24. The first kappa shape index (κ1) is 29.9. The summed E-state index contributed by atoms with van der Waals surface area (Å²) in [5.74, 6) is 0.281. The van der Waals surface area contributed by atoms with E-state index in [0.717, 1.165) is 24.5 Å². The molecule has 3 aromatic carbocycles. The van der Waals surface area contributed by atoms with Crippen LogP contribution in [0.2, 0.25) is 5.02 Å². The van der Waals surface area contributed by atoms with Gasteiger partial charge in [0.25, 0.3) is 0 Å². The number of benzene rings is 3. The highest BCUT2D eigenvalue weighted by molar-refractivity contribution is 8.14. The molecule has 3 aromatic rings. The third-order valence-corrected chi connectivity index (χ3v) is 6.62. The summed E-state index contributed by atoms with van der Waals surface area (Å²) < 4.78 is 81.2. The minimum atomic E-state index is -4.78. The largest absolute Gasteiger partial charge is 0.573 e. The molecule has 4 rings (SSSR count). The Balaban J connectivity index is 1.40. The molecule has 214 valence electrons. The molecule has 0 atom stereocenters. The third-order valence-electron chi connectivity index (χ3n) is 5.37. The van der Waals surface area contributed by atoms with Gasteiger partial charge in [-0.25, -0.2) is 9.98 Å². The zero-order valence-electron chi connectivity index (χ0n) is 20.7. The maximum atomic E-state index is 13.6. The zero-order valence-corrected chi connectivity index (χ0v) is 22.3. The summed E-state index contributed by atoms with van der Waals surface area (Å²) in [5.41, 5.74) is 6.51. The van der Waals surface area contributed by atoms with Gasteiger partial charge in [-0.05, 0) is 42.0 Å². The molecule has 0 radical (unpaired) electrons. The van der Waals surface area contributed by atoms with E-state index in [2.05, 4.69) is 24.9 Å². The minimum absolute atomic E-state index is 0.0349. The monoisotopic (exact) mass is 612 g/mol. The highest BCUT2D eigenvalue weighted by Crippen LogP contribution is 2.42. The summed E-state index contributed by atoms with van der Waals surface area (Å²) in [6.45, 7) is 0.292. The molecule has 0 spiro atoms. The molecule has 0 saturated carbocycles. The van der Waals surface area contributed by atoms with Gasteiger partial charge in [0.15, 0.2) is 5.17 Å². The number of aliphatic imine (C=N–C) groups is 2. The normalized spacial score (nSPS) is 15.9. The predicted molar refractivity (Wildman–Crippen MR) is 150 cm³/mol. The van der Waals surface area contributed by atoms with Gasteiger partial charge in [-0.2, -0.15) is 18.3 Å². The Morgan fingerprint density at radius 3 is 2.34 bits per heavy atom. The van der Waals surface area contributed by atoms with Crippen LogP contribution in [0.3, 0.4) is 0 Å². The van der Waals surface area contributed by atoms with Crippen LogP contribution in [0.25, 0.3) is 0 Å². The van der Waals surface area contributed by atoms with E-state index in [9.17, 15) is 26.3 Å². The maximum absolute atomic E-state index is 13.6. The van der Waals surface area contributed by atoms with Crippen molar-refractivity contribution in [3.8, 4) is 5.75 Å². The van der Waals surface area contributed by atoms with E-state index >= 15 is 0 Å². The van der Waals surface area contributed by atoms with Gasteiger partial charge in [-0.15, -0.1) is 18.3 Å². The first-order valence-corrected chi connectivity index (χ1v) is 13.0. The molecular weight excluding hydrogens is 594 g/mol. The summed E-state index contributed by atoms with van der Waals surface area (Å²) in [5, 5.41) is 8.39. The minimum Gasteiger partial charge on any atom is -0.406 e. The summed E-state index contributed by atoms with van der Waals surface area (Å²) in [7, 11) is 0. The Morgan fingerprint density at radius 1 is 0.976 bits per heavy atom. The van der Waals surface area contributed by atoms with E-state index in [-0.39, 0.29) is 27.5 Å². The Morgan fingerprint density at radius 2 is 1.68 bits per heavy atom. The average molecular weight is 613 g/mol. The molecule has 1 aliphatic rings. The lowest BCUT2D eigenvalue weighted by molar-refractivity contribution is -0.274. The quantitative estimate of drug-likeness (QED) is 0.132. The lowest BCUT2D eigenvalue weighted by Crippen LogP contribution is -2.27. The molecule has 1 heterocycles. The van der Waals surface area contributed by atoms with Gasteiger partial charge >= 0.3 is 12.5 Å². The Labute approximate surface area is 239 Å². The predicted octanol–water partition coefficient (Wildman–Crippen LogP) is 7.27. The van der Waals surface area contributed by atoms with Crippen LogP contribution < -0.4 is 15.4 Å². The zero-order chi connectivity index (χ0) is 29.6. The molecule has 0 unspecified atom stereocenters. The molecule has 2 N–H and O–H groups in total. The number of thioether (sulfide) groups is 1. The molecule has 0 bridgehead atoms. The number of nitrogens with zero attached hydrogens (tertiary/aromatic N) is 5. The van der Waals surface area contributed by atoms with E-state index < -0.39 is 18.1 Å². The number of para-hydroxylation sites is 1. The fourth-order valence-corrected chi connectivity index (χ4v) is 4.74. The first-order chi connectivity index (χ1) is 19.4. The molecule has 41 heavy (non-hydrogen) atoms. The smallest absolute Gasteiger partial charge is 0.406 e. The number of amidine groups is 2. The average Bonchev–Trinajstić information content (AvgIpc) is 3.36. The van der Waals surface area contributed by atoms with Gasteiger partial charge in [-0.3, -0.25) is 0 Å². The van der Waals surface area contributed by atoms with E-state index in [4.69, 9.17) is 17.3 Å². The van der Waals surface area contributed by atoms with Crippen molar-refractivity contribution in [2.45, 2.75) is 12.5 Å². The Hall–Kier alpha value is -4.04. The van der Waals surface area contributed by atoms with E-state index in [1.54, 1.807) is 24.3 Å². The SMILES string of the molecule is NC(=NC=Nc1ccc(OC(F)(F)F)cc1)c1ccc(/C=N\N=C2\SCCN2c2c(Cl)cccc2C(F)(F)F)cc1. The fourth-order valence-electron chi connectivity index (χ4n) is 3.56. The van der Waals surface area contributed by atoms with Crippen LogP contribution in [0.5, 0.6) is 5.75 Å². The summed E-state index contributed by atoms with van der Waals surface area (Å²) in [6.07, 6.45) is -6.77. The molecule has 0 aliphatic carbocycles. The molecule has 1 aliphatic heterocycles. The second kappa shape index (κ2) is 12.6. The molecular formula is C26H19ClF6N6OS. The molecule has 15 heteroatoms.